The predicted octanol–water partition coefficient (Wildman–Crippen LogP) is 4.91. The summed E-state index contributed by atoms with van der Waals surface area (Å²) in [5.74, 6) is 2.28. The quantitative estimate of drug-likeness (QED) is 0.701. The molecule has 0 saturated heterocycles. The van der Waals surface area contributed by atoms with Crippen LogP contribution in [-0.4, -0.2) is 28.8 Å². The fourth-order valence-electron chi connectivity index (χ4n) is 8.82. The van der Waals surface area contributed by atoms with Gasteiger partial charge in [-0.2, -0.15) is 0 Å². The molecule has 31 heavy (non-hydrogen) atoms. The van der Waals surface area contributed by atoms with Crippen LogP contribution in [0.15, 0.2) is 29.4 Å². The van der Waals surface area contributed by atoms with Crippen LogP contribution in [0.4, 0.5) is 0 Å². The molecule has 5 aliphatic rings. The highest BCUT2D eigenvalue weighted by molar-refractivity contribution is 6.15. The van der Waals surface area contributed by atoms with E-state index in [9.17, 15) is 9.90 Å². The van der Waals surface area contributed by atoms with Crippen LogP contribution in [0.3, 0.4) is 0 Å². The Morgan fingerprint density at radius 3 is 2.68 bits per heavy atom. The zero-order valence-corrected chi connectivity index (χ0v) is 19.0. The summed E-state index contributed by atoms with van der Waals surface area (Å²) in [6.07, 6.45) is 7.03. The van der Waals surface area contributed by atoms with E-state index >= 15 is 0 Å². The molecule has 1 aliphatic heterocycles. The van der Waals surface area contributed by atoms with E-state index < -0.39 is 0 Å². The van der Waals surface area contributed by atoms with Gasteiger partial charge in [-0.25, -0.2) is 0 Å². The van der Waals surface area contributed by atoms with Gasteiger partial charge in [0.2, 0.25) is 0 Å². The van der Waals surface area contributed by atoms with Gasteiger partial charge in [-0.05, 0) is 80.1 Å². The van der Waals surface area contributed by atoms with Crippen molar-refractivity contribution >= 4 is 11.5 Å². The largest absolute Gasteiger partial charge is 0.393 e. The molecule has 0 amide bonds. The number of benzene rings is 1. The van der Waals surface area contributed by atoms with E-state index in [2.05, 4.69) is 38.1 Å². The van der Waals surface area contributed by atoms with Crippen molar-refractivity contribution in [2.24, 2.45) is 45.6 Å². The second-order valence-electron chi connectivity index (χ2n) is 11.6. The molecular weight excluding hydrogens is 386 g/mol. The Labute approximate surface area is 185 Å². The first kappa shape index (κ1) is 20.0. The molecule has 166 valence electrons. The Bertz CT molecular complexity index is 956. The third-order valence-electron chi connectivity index (χ3n) is 10.6. The molecule has 0 radical (unpaired) electrons. The number of rotatable bonds is 1. The molecule has 6 rings (SSSR count). The van der Waals surface area contributed by atoms with Gasteiger partial charge in [-0.15, -0.1) is 0 Å². The summed E-state index contributed by atoms with van der Waals surface area (Å²) >= 11 is 0. The van der Waals surface area contributed by atoms with E-state index in [4.69, 9.17) is 4.84 Å². The third kappa shape index (κ3) is 2.52. The van der Waals surface area contributed by atoms with Gasteiger partial charge in [0.25, 0.3) is 0 Å². The van der Waals surface area contributed by atoms with Gasteiger partial charge < -0.3 is 9.94 Å². The van der Waals surface area contributed by atoms with Gasteiger partial charge in [0, 0.05) is 17.4 Å². The summed E-state index contributed by atoms with van der Waals surface area (Å²) in [6, 6.07) is 8.23. The fraction of sp³-hybridized carbons (Fsp3) is 0.704. The number of carbonyl (C=O) groups is 1. The van der Waals surface area contributed by atoms with Gasteiger partial charge in [0.1, 0.15) is 23.5 Å². The fourth-order valence-corrected chi connectivity index (χ4v) is 8.82. The van der Waals surface area contributed by atoms with Crippen LogP contribution >= 0.6 is 0 Å². The van der Waals surface area contributed by atoms with Crippen LogP contribution in [-0.2, 0) is 9.63 Å². The van der Waals surface area contributed by atoms with Crippen molar-refractivity contribution < 1.29 is 14.7 Å². The highest BCUT2D eigenvalue weighted by Crippen LogP contribution is 2.67. The van der Waals surface area contributed by atoms with Crippen LogP contribution in [0.5, 0.6) is 0 Å². The molecule has 0 unspecified atom stereocenters. The van der Waals surface area contributed by atoms with Crippen LogP contribution < -0.4 is 0 Å². The maximum absolute atomic E-state index is 13.4. The van der Waals surface area contributed by atoms with Crippen molar-refractivity contribution in [1.29, 1.82) is 0 Å². The first-order valence-corrected chi connectivity index (χ1v) is 12.4. The van der Waals surface area contributed by atoms with Crippen LogP contribution in [0.2, 0.25) is 0 Å². The molecule has 4 heteroatoms. The minimum absolute atomic E-state index is 0.0235. The highest BCUT2D eigenvalue weighted by Gasteiger charge is 2.66. The van der Waals surface area contributed by atoms with E-state index in [0.29, 0.717) is 35.9 Å². The maximum atomic E-state index is 13.4. The van der Waals surface area contributed by atoms with Crippen molar-refractivity contribution in [2.75, 3.05) is 0 Å². The number of nitrogens with zero attached hydrogens (tertiary/aromatic N) is 1. The number of aliphatic hydroxyl groups excluding tert-OH is 1. The zero-order valence-electron chi connectivity index (χ0n) is 19.0. The average Bonchev–Trinajstić information content (AvgIpc) is 3.32. The highest BCUT2D eigenvalue weighted by atomic mass is 16.6. The third-order valence-corrected chi connectivity index (χ3v) is 10.6. The van der Waals surface area contributed by atoms with E-state index in [0.717, 1.165) is 48.9 Å². The molecule has 1 aromatic carbocycles. The number of oxime groups is 1. The van der Waals surface area contributed by atoms with E-state index in [-0.39, 0.29) is 29.0 Å². The second kappa shape index (κ2) is 6.66. The lowest BCUT2D eigenvalue weighted by atomic mass is 9.43. The Kier molecular flexibility index (Phi) is 4.29. The molecule has 0 bridgehead atoms. The van der Waals surface area contributed by atoms with Gasteiger partial charge in [-0.1, -0.05) is 43.3 Å². The van der Waals surface area contributed by atoms with Crippen molar-refractivity contribution in [2.45, 2.75) is 77.9 Å². The molecule has 0 aromatic heterocycles. The van der Waals surface area contributed by atoms with Gasteiger partial charge in [0.15, 0.2) is 0 Å². The van der Waals surface area contributed by atoms with E-state index in [1.54, 1.807) is 0 Å². The molecule has 4 saturated carbocycles. The standard InChI is InChI=1S/C27H35NO3/c1-15-6-4-5-7-17(15)24-23-21(29)14-16-8-9-18-19-10-11-22(30)26(19,2)13-12-20(18)27(16,3)25(23)31-28-24/h4-7,16,18-20,22-23,25,30H,8-14H2,1-3H3/t16-,18-,19-,20-,22-,23+,25-,26-,27-/m0/s1. The normalized spacial score (nSPS) is 48.2. The number of Topliss-reactive ketones (excluding diaryl/α,β-unsaturated/α-hetero) is 1. The second-order valence-corrected chi connectivity index (χ2v) is 11.6. The Hall–Kier alpha value is -1.68. The Balaban J connectivity index is 1.37. The average molecular weight is 422 g/mol. The first-order chi connectivity index (χ1) is 14.9. The number of aryl methyl sites for hydroxylation is 1. The van der Waals surface area contributed by atoms with Crippen molar-refractivity contribution in [1.82, 2.24) is 0 Å². The van der Waals surface area contributed by atoms with Gasteiger partial charge in [-0.3, -0.25) is 4.79 Å². The molecule has 1 heterocycles. The summed E-state index contributed by atoms with van der Waals surface area (Å²) in [5, 5.41) is 15.3. The minimum Gasteiger partial charge on any atom is -0.393 e. The molecule has 1 N–H and O–H groups in total. The number of hydrogen-bond donors (Lipinski definition) is 1. The molecule has 9 atom stereocenters. The monoisotopic (exact) mass is 421 g/mol. The summed E-state index contributed by atoms with van der Waals surface area (Å²) in [6.45, 7) is 6.84. The van der Waals surface area contributed by atoms with Gasteiger partial charge in [0.05, 0.1) is 6.10 Å². The lowest BCUT2D eigenvalue weighted by Crippen LogP contribution is -2.61. The number of hydrogen-bond acceptors (Lipinski definition) is 4. The Morgan fingerprint density at radius 1 is 1.06 bits per heavy atom. The van der Waals surface area contributed by atoms with Crippen molar-refractivity contribution in [3.63, 3.8) is 0 Å². The number of ketones is 1. The van der Waals surface area contributed by atoms with Gasteiger partial charge >= 0.3 is 0 Å². The lowest BCUT2D eigenvalue weighted by Gasteiger charge is -2.61. The minimum atomic E-state index is -0.233. The number of aliphatic hydroxyl groups is 1. The van der Waals surface area contributed by atoms with Crippen molar-refractivity contribution in [3.05, 3.63) is 35.4 Å². The molecular formula is C27H35NO3. The summed E-state index contributed by atoms with van der Waals surface area (Å²) < 4.78 is 0. The smallest absolute Gasteiger partial charge is 0.148 e. The number of fused-ring (bicyclic) bond motifs is 7. The van der Waals surface area contributed by atoms with Crippen LogP contribution in [0, 0.1) is 47.3 Å². The molecule has 4 aliphatic carbocycles. The van der Waals surface area contributed by atoms with Crippen molar-refractivity contribution in [3.8, 4) is 0 Å². The molecule has 4 fully saturated rings. The summed E-state index contributed by atoms with van der Waals surface area (Å²) in [5.41, 5.74) is 3.12. The zero-order chi connectivity index (χ0) is 21.5. The van der Waals surface area contributed by atoms with Crippen LogP contribution in [0.1, 0.15) is 69.9 Å². The topological polar surface area (TPSA) is 58.9 Å². The lowest BCUT2D eigenvalue weighted by molar-refractivity contribution is -0.186. The molecule has 0 spiro atoms. The van der Waals surface area contributed by atoms with E-state index in [1.165, 1.54) is 6.42 Å². The number of carbonyl (C=O) groups excluding carboxylic acids is 1. The predicted molar refractivity (Wildman–Crippen MR) is 120 cm³/mol. The summed E-state index contributed by atoms with van der Waals surface area (Å²) in [7, 11) is 0. The Morgan fingerprint density at radius 2 is 1.87 bits per heavy atom. The maximum Gasteiger partial charge on any atom is 0.148 e. The summed E-state index contributed by atoms with van der Waals surface area (Å²) in [4.78, 5) is 19.7. The van der Waals surface area contributed by atoms with E-state index in [1.807, 2.05) is 12.1 Å². The molecule has 1 aromatic rings. The SMILES string of the molecule is Cc1ccccc1C1=NO[C@H]2[C@@H]1C(=O)C[C@@H]1CC[C@H]3[C@@H]4CC[C@H](O)[C@@]4(C)CC[C@@H]3[C@]12C. The van der Waals surface area contributed by atoms with Crippen LogP contribution in [0.25, 0.3) is 0 Å². The first-order valence-electron chi connectivity index (χ1n) is 12.4. The molecule has 4 nitrogen and oxygen atoms in total.